The molecule has 0 bridgehead atoms. The quantitative estimate of drug-likeness (QED) is 0.798. The summed E-state index contributed by atoms with van der Waals surface area (Å²) in [4.78, 5) is 26.1. The molecule has 1 saturated carbocycles. The largest absolute Gasteiger partial charge is 0.342 e. The lowest BCUT2D eigenvalue weighted by Crippen LogP contribution is -2.37. The van der Waals surface area contributed by atoms with Crippen LogP contribution in [0.4, 0.5) is 0 Å². The number of sulfonamides is 1. The Morgan fingerprint density at radius 1 is 1.24 bits per heavy atom. The molecule has 3 rings (SSSR count). The minimum atomic E-state index is -3.90. The highest BCUT2D eigenvalue weighted by atomic mass is 32.2. The third-order valence-corrected chi connectivity index (χ3v) is 6.13. The number of amides is 2. The third kappa shape index (κ3) is 4.39. The van der Waals surface area contributed by atoms with E-state index < -0.39 is 21.8 Å². The van der Waals surface area contributed by atoms with Crippen molar-refractivity contribution in [1.82, 2.24) is 9.62 Å². The van der Waals surface area contributed by atoms with Crippen molar-refractivity contribution in [2.45, 2.75) is 43.9 Å². The third-order valence-electron chi connectivity index (χ3n) is 4.77. The van der Waals surface area contributed by atoms with E-state index in [0.29, 0.717) is 19.0 Å². The number of carbonyl (C=O) groups is 2. The van der Waals surface area contributed by atoms with Gasteiger partial charge in [-0.3, -0.25) is 9.59 Å². The van der Waals surface area contributed by atoms with Crippen molar-refractivity contribution in [3.8, 4) is 0 Å². The molecule has 1 aromatic rings. The molecular formula is C18H24N2O4S. The Bertz CT molecular complexity index is 754. The van der Waals surface area contributed by atoms with Gasteiger partial charge in [-0.25, -0.2) is 13.1 Å². The summed E-state index contributed by atoms with van der Waals surface area (Å²) in [5.41, 5.74) is 1.06. The number of rotatable bonds is 7. The Morgan fingerprint density at radius 2 is 1.92 bits per heavy atom. The zero-order valence-corrected chi connectivity index (χ0v) is 15.2. The summed E-state index contributed by atoms with van der Waals surface area (Å²) in [5, 5.41) is 0. The van der Waals surface area contributed by atoms with Crippen LogP contribution in [-0.4, -0.2) is 38.2 Å². The first kappa shape index (κ1) is 17.9. The van der Waals surface area contributed by atoms with E-state index in [1.165, 1.54) is 12.1 Å². The van der Waals surface area contributed by atoms with Gasteiger partial charge in [0.05, 0.1) is 10.8 Å². The van der Waals surface area contributed by atoms with E-state index in [1.807, 2.05) is 0 Å². The SMILES string of the molecule is CCCc1ccc(S(=O)(=O)NC(=O)C2CC(=O)N(CC3CC3)C2)cc1. The summed E-state index contributed by atoms with van der Waals surface area (Å²) < 4.78 is 26.9. The van der Waals surface area contributed by atoms with Crippen LogP contribution in [0.5, 0.6) is 0 Å². The highest BCUT2D eigenvalue weighted by molar-refractivity contribution is 7.90. The van der Waals surface area contributed by atoms with Crippen LogP contribution in [0.3, 0.4) is 0 Å². The normalized spacial score (nSPS) is 20.8. The minimum Gasteiger partial charge on any atom is -0.342 e. The fraction of sp³-hybridized carbons (Fsp3) is 0.556. The smallest absolute Gasteiger partial charge is 0.264 e. The molecule has 136 valence electrons. The van der Waals surface area contributed by atoms with Gasteiger partial charge < -0.3 is 4.90 Å². The Kier molecular flexibility index (Phi) is 5.13. The first-order valence-corrected chi connectivity index (χ1v) is 10.3. The van der Waals surface area contributed by atoms with Gasteiger partial charge in [0.1, 0.15) is 0 Å². The van der Waals surface area contributed by atoms with Gasteiger partial charge in [-0.05, 0) is 42.9 Å². The van der Waals surface area contributed by atoms with Crippen LogP contribution in [0, 0.1) is 11.8 Å². The standard InChI is InChI=1S/C18H24N2O4S/c1-2-3-13-6-8-16(9-7-13)25(23,24)19-18(22)15-10-17(21)20(12-15)11-14-4-5-14/h6-9,14-15H,2-5,10-12H2,1H3,(H,19,22). The number of likely N-dealkylation sites (tertiary alicyclic amines) is 1. The van der Waals surface area contributed by atoms with Crippen molar-refractivity contribution < 1.29 is 18.0 Å². The van der Waals surface area contributed by atoms with Gasteiger partial charge in [0, 0.05) is 19.5 Å². The van der Waals surface area contributed by atoms with Gasteiger partial charge in [-0.15, -0.1) is 0 Å². The molecule has 25 heavy (non-hydrogen) atoms. The molecule has 1 N–H and O–H groups in total. The number of hydrogen-bond acceptors (Lipinski definition) is 4. The zero-order chi connectivity index (χ0) is 18.0. The molecule has 1 aliphatic heterocycles. The first-order valence-electron chi connectivity index (χ1n) is 8.82. The lowest BCUT2D eigenvalue weighted by Gasteiger charge is -2.16. The number of benzene rings is 1. The molecule has 2 amide bonds. The summed E-state index contributed by atoms with van der Waals surface area (Å²) in [6.45, 7) is 3.06. The van der Waals surface area contributed by atoms with Gasteiger partial charge in [0.25, 0.3) is 10.0 Å². The highest BCUT2D eigenvalue weighted by Crippen LogP contribution is 2.32. The summed E-state index contributed by atoms with van der Waals surface area (Å²) in [7, 11) is -3.90. The van der Waals surface area contributed by atoms with Gasteiger partial charge in [-0.2, -0.15) is 0 Å². The molecule has 1 unspecified atom stereocenters. The first-order chi connectivity index (χ1) is 11.9. The maximum absolute atomic E-state index is 12.4. The molecule has 2 fully saturated rings. The molecule has 0 spiro atoms. The zero-order valence-electron chi connectivity index (χ0n) is 14.4. The average Bonchev–Trinajstić information content (AvgIpc) is 3.30. The van der Waals surface area contributed by atoms with Crippen molar-refractivity contribution in [3.63, 3.8) is 0 Å². The van der Waals surface area contributed by atoms with Crippen molar-refractivity contribution in [1.29, 1.82) is 0 Å². The molecule has 0 radical (unpaired) electrons. The lowest BCUT2D eigenvalue weighted by molar-refractivity contribution is -0.128. The molecule has 2 aliphatic rings. The summed E-state index contributed by atoms with van der Waals surface area (Å²) in [6.07, 6.45) is 4.21. The van der Waals surface area contributed by atoms with E-state index in [4.69, 9.17) is 0 Å². The summed E-state index contributed by atoms with van der Waals surface area (Å²) >= 11 is 0. The van der Waals surface area contributed by atoms with Gasteiger partial charge in [0.2, 0.25) is 11.8 Å². The van der Waals surface area contributed by atoms with Crippen LogP contribution in [0.2, 0.25) is 0 Å². The van der Waals surface area contributed by atoms with Gasteiger partial charge in [0.15, 0.2) is 0 Å². The minimum absolute atomic E-state index is 0.0617. The fourth-order valence-electron chi connectivity index (χ4n) is 3.13. The Balaban J connectivity index is 1.62. The number of hydrogen-bond donors (Lipinski definition) is 1. The van der Waals surface area contributed by atoms with Crippen LogP contribution >= 0.6 is 0 Å². The van der Waals surface area contributed by atoms with Gasteiger partial charge >= 0.3 is 0 Å². The Labute approximate surface area is 148 Å². The molecule has 6 nitrogen and oxygen atoms in total. The fourth-order valence-corrected chi connectivity index (χ4v) is 4.18. The topological polar surface area (TPSA) is 83.5 Å². The molecule has 1 aromatic carbocycles. The van der Waals surface area contributed by atoms with Crippen molar-refractivity contribution in [2.75, 3.05) is 13.1 Å². The van der Waals surface area contributed by atoms with Crippen LogP contribution in [0.25, 0.3) is 0 Å². The van der Waals surface area contributed by atoms with E-state index in [2.05, 4.69) is 11.6 Å². The summed E-state index contributed by atoms with van der Waals surface area (Å²) in [6, 6.07) is 6.55. The number of nitrogens with one attached hydrogen (secondary N) is 1. The molecule has 1 heterocycles. The van der Waals surface area contributed by atoms with Crippen molar-refractivity contribution >= 4 is 21.8 Å². The number of aryl methyl sites for hydroxylation is 1. The second kappa shape index (κ2) is 7.15. The van der Waals surface area contributed by atoms with E-state index in [9.17, 15) is 18.0 Å². The predicted octanol–water partition coefficient (Wildman–Crippen LogP) is 1.70. The average molecular weight is 364 g/mol. The maximum Gasteiger partial charge on any atom is 0.264 e. The second-order valence-electron chi connectivity index (χ2n) is 7.01. The molecule has 7 heteroatoms. The summed E-state index contributed by atoms with van der Waals surface area (Å²) in [5.74, 6) is -0.700. The molecular weight excluding hydrogens is 340 g/mol. The van der Waals surface area contributed by atoms with Crippen LogP contribution in [0.15, 0.2) is 29.2 Å². The predicted molar refractivity (Wildman–Crippen MR) is 93.2 cm³/mol. The van der Waals surface area contributed by atoms with E-state index in [1.54, 1.807) is 17.0 Å². The highest BCUT2D eigenvalue weighted by Gasteiger charge is 2.38. The number of nitrogens with zero attached hydrogens (tertiary/aromatic N) is 1. The monoisotopic (exact) mass is 364 g/mol. The number of carbonyl (C=O) groups excluding carboxylic acids is 2. The lowest BCUT2D eigenvalue weighted by atomic mass is 10.1. The Hall–Kier alpha value is -1.89. The maximum atomic E-state index is 12.4. The van der Waals surface area contributed by atoms with Gasteiger partial charge in [-0.1, -0.05) is 25.5 Å². The van der Waals surface area contributed by atoms with E-state index in [-0.39, 0.29) is 17.2 Å². The Morgan fingerprint density at radius 3 is 2.52 bits per heavy atom. The van der Waals surface area contributed by atoms with Crippen molar-refractivity contribution in [3.05, 3.63) is 29.8 Å². The van der Waals surface area contributed by atoms with E-state index >= 15 is 0 Å². The van der Waals surface area contributed by atoms with Crippen molar-refractivity contribution in [2.24, 2.45) is 11.8 Å². The van der Waals surface area contributed by atoms with Crippen LogP contribution in [0.1, 0.15) is 38.2 Å². The molecule has 1 saturated heterocycles. The van der Waals surface area contributed by atoms with Crippen LogP contribution in [-0.2, 0) is 26.0 Å². The molecule has 1 aliphatic carbocycles. The van der Waals surface area contributed by atoms with E-state index in [0.717, 1.165) is 31.2 Å². The van der Waals surface area contributed by atoms with Crippen LogP contribution < -0.4 is 4.72 Å². The molecule has 0 aromatic heterocycles. The molecule has 1 atom stereocenters. The second-order valence-corrected chi connectivity index (χ2v) is 8.69.